The first-order valence-corrected chi connectivity index (χ1v) is 10.0. The zero-order valence-corrected chi connectivity index (χ0v) is 15.3. The van der Waals surface area contributed by atoms with Crippen molar-refractivity contribution in [3.63, 3.8) is 0 Å². The molecule has 0 N–H and O–H groups in total. The number of esters is 1. The zero-order chi connectivity index (χ0) is 18.4. The molecule has 0 spiro atoms. The number of benzene rings is 3. The molecule has 3 aromatic carbocycles. The average molecular weight is 362 g/mol. The van der Waals surface area contributed by atoms with Crippen molar-refractivity contribution in [1.82, 2.24) is 0 Å². The van der Waals surface area contributed by atoms with Gasteiger partial charge in [-0.25, -0.2) is 4.79 Å². The van der Waals surface area contributed by atoms with Gasteiger partial charge in [0, 0.05) is 0 Å². The van der Waals surface area contributed by atoms with Gasteiger partial charge in [-0.05, 0) is 22.8 Å². The van der Waals surface area contributed by atoms with Crippen molar-refractivity contribution < 1.29 is 14.3 Å². The van der Waals surface area contributed by atoms with E-state index in [1.54, 1.807) is 0 Å². The summed E-state index contributed by atoms with van der Waals surface area (Å²) in [5, 5.41) is 2.96. The molecule has 0 aromatic heterocycles. The van der Waals surface area contributed by atoms with Gasteiger partial charge in [-0.3, -0.25) is 4.79 Å². The van der Waals surface area contributed by atoms with E-state index in [4.69, 9.17) is 4.74 Å². The Morgan fingerprint density at radius 1 is 0.731 bits per heavy atom. The number of carbonyl (C=O) groups is 2. The van der Waals surface area contributed by atoms with Gasteiger partial charge in [0.25, 0.3) is 0 Å². The van der Waals surface area contributed by atoms with Crippen LogP contribution in [0.2, 0.25) is 0 Å². The minimum Gasteiger partial charge on any atom is -0.465 e. The lowest BCUT2D eigenvalue weighted by Gasteiger charge is -2.30. The minimum absolute atomic E-state index is 0.156. The maximum absolute atomic E-state index is 12.6. The van der Waals surface area contributed by atoms with Crippen LogP contribution in [0.15, 0.2) is 91.0 Å². The zero-order valence-electron chi connectivity index (χ0n) is 14.4. The molecule has 0 aliphatic rings. The third-order valence-electron chi connectivity index (χ3n) is 4.30. The van der Waals surface area contributed by atoms with E-state index in [0.717, 1.165) is 15.9 Å². The normalized spacial score (nSPS) is 10.8. The van der Waals surface area contributed by atoms with E-state index in [1.165, 1.54) is 7.11 Å². The van der Waals surface area contributed by atoms with Crippen LogP contribution in [-0.2, 0) is 14.3 Å². The molecule has 3 aromatic rings. The third-order valence-corrected chi connectivity index (χ3v) is 8.53. The molecular formula is C22H19O3P. The van der Waals surface area contributed by atoms with Gasteiger partial charge >= 0.3 is 5.97 Å². The Hall–Kier alpha value is -2.90. The van der Waals surface area contributed by atoms with Crippen molar-refractivity contribution >= 4 is 40.3 Å². The van der Waals surface area contributed by atoms with Gasteiger partial charge in [-0.2, -0.15) is 0 Å². The van der Waals surface area contributed by atoms with Crippen molar-refractivity contribution in [3.05, 3.63) is 91.0 Å². The highest BCUT2D eigenvalue weighted by Gasteiger charge is 2.33. The number of carbonyl (C=O) groups excluding carboxylic acids is 2. The Morgan fingerprint density at radius 3 is 1.35 bits per heavy atom. The molecule has 0 aliphatic carbocycles. The van der Waals surface area contributed by atoms with Crippen LogP contribution in [0, 0.1) is 0 Å². The molecule has 4 heteroatoms. The van der Waals surface area contributed by atoms with Crippen LogP contribution in [-0.4, -0.2) is 24.7 Å². The number of hydrogen-bond acceptors (Lipinski definition) is 3. The highest BCUT2D eigenvalue weighted by molar-refractivity contribution is 7.97. The van der Waals surface area contributed by atoms with E-state index in [2.05, 4.69) is 0 Å². The van der Waals surface area contributed by atoms with E-state index < -0.39 is 12.9 Å². The lowest BCUT2D eigenvalue weighted by atomic mass is 10.4. The second-order valence-electron chi connectivity index (χ2n) is 5.67. The summed E-state index contributed by atoms with van der Waals surface area (Å²) >= 11 is 0. The summed E-state index contributed by atoms with van der Waals surface area (Å²) in [6, 6.07) is 29.2. The van der Waals surface area contributed by atoms with Crippen molar-refractivity contribution in [2.24, 2.45) is 0 Å². The lowest BCUT2D eigenvalue weighted by molar-refractivity contribution is -0.132. The van der Waals surface area contributed by atoms with Crippen LogP contribution >= 0.6 is 6.89 Å². The number of aldehydes is 1. The molecule has 0 saturated carbocycles. The number of hydrogen-bond donors (Lipinski definition) is 0. The quantitative estimate of drug-likeness (QED) is 0.303. The molecule has 130 valence electrons. The van der Waals surface area contributed by atoms with Gasteiger partial charge in [0.2, 0.25) is 0 Å². The van der Waals surface area contributed by atoms with E-state index in [1.807, 2.05) is 91.0 Å². The fourth-order valence-corrected chi connectivity index (χ4v) is 7.30. The number of rotatable bonds is 5. The van der Waals surface area contributed by atoms with Gasteiger partial charge in [0.15, 0.2) is 6.29 Å². The summed E-state index contributed by atoms with van der Waals surface area (Å²) in [6.45, 7) is -2.66. The van der Waals surface area contributed by atoms with Crippen molar-refractivity contribution in [2.75, 3.05) is 7.11 Å². The highest BCUT2D eigenvalue weighted by Crippen LogP contribution is 2.45. The second kappa shape index (κ2) is 7.99. The summed E-state index contributed by atoms with van der Waals surface area (Å²) < 4.78 is 4.99. The molecule has 3 rings (SSSR count). The van der Waals surface area contributed by atoms with Crippen LogP contribution in [0.4, 0.5) is 0 Å². The summed E-state index contributed by atoms with van der Waals surface area (Å²) in [7, 11) is 1.31. The molecular weight excluding hydrogens is 343 g/mol. The van der Waals surface area contributed by atoms with Crippen LogP contribution < -0.4 is 15.9 Å². The van der Waals surface area contributed by atoms with E-state index in [0.29, 0.717) is 6.29 Å². The maximum Gasteiger partial charge on any atom is 0.342 e. The van der Waals surface area contributed by atoms with Crippen LogP contribution in [0.3, 0.4) is 0 Å². The Labute approximate surface area is 153 Å². The Kier molecular flexibility index (Phi) is 5.50. The smallest absolute Gasteiger partial charge is 0.342 e. The molecule has 0 atom stereocenters. The molecule has 0 amide bonds. The molecule has 26 heavy (non-hydrogen) atoms. The monoisotopic (exact) mass is 362 g/mol. The first-order valence-electron chi connectivity index (χ1n) is 8.22. The van der Waals surface area contributed by atoms with Crippen LogP contribution in [0.5, 0.6) is 0 Å². The van der Waals surface area contributed by atoms with E-state index in [-0.39, 0.29) is 5.29 Å². The maximum atomic E-state index is 12.6. The fraction of sp³-hybridized carbons (Fsp3) is 0.0455. The molecule has 0 radical (unpaired) electrons. The van der Waals surface area contributed by atoms with E-state index in [9.17, 15) is 9.59 Å². The van der Waals surface area contributed by atoms with Gasteiger partial charge in [0.1, 0.15) is 5.29 Å². The predicted molar refractivity (Wildman–Crippen MR) is 108 cm³/mol. The van der Waals surface area contributed by atoms with Gasteiger partial charge in [-0.15, -0.1) is 0 Å². The van der Waals surface area contributed by atoms with Crippen molar-refractivity contribution in [3.8, 4) is 0 Å². The van der Waals surface area contributed by atoms with Crippen molar-refractivity contribution in [2.45, 2.75) is 0 Å². The van der Waals surface area contributed by atoms with Crippen molar-refractivity contribution in [1.29, 1.82) is 0 Å². The predicted octanol–water partition coefficient (Wildman–Crippen LogP) is 2.52. The fourth-order valence-electron chi connectivity index (χ4n) is 3.19. The lowest BCUT2D eigenvalue weighted by Crippen LogP contribution is -2.34. The Morgan fingerprint density at radius 2 is 1.08 bits per heavy atom. The Bertz CT molecular complexity index is 845. The van der Waals surface area contributed by atoms with Gasteiger partial charge in [0.05, 0.1) is 7.11 Å². The van der Waals surface area contributed by atoms with Gasteiger partial charge in [-0.1, -0.05) is 91.0 Å². The first kappa shape index (κ1) is 17.9. The minimum atomic E-state index is -2.66. The standard InChI is InChI=1S/C22H19O3P/c1-25-22(24)21(17-23)26(18-11-5-2-6-12-18,19-13-7-3-8-14-19)20-15-9-4-10-16-20/h2-17H,1H3. The molecule has 0 unspecified atom stereocenters. The summed E-state index contributed by atoms with van der Waals surface area (Å²) in [5.41, 5.74) is 0. The molecule has 0 fully saturated rings. The third kappa shape index (κ3) is 3.02. The Balaban J connectivity index is 2.59. The topological polar surface area (TPSA) is 43.4 Å². The molecule has 3 nitrogen and oxygen atoms in total. The molecule has 0 heterocycles. The SMILES string of the molecule is COC(=O)C(C=O)=P(c1ccccc1)(c1ccccc1)c1ccccc1. The summed E-state index contributed by atoms with van der Waals surface area (Å²) in [4.78, 5) is 24.8. The molecule has 0 saturated heterocycles. The van der Waals surface area contributed by atoms with Crippen LogP contribution in [0.1, 0.15) is 0 Å². The second-order valence-corrected chi connectivity index (χ2v) is 9.04. The number of methoxy groups -OCH3 is 1. The highest BCUT2D eigenvalue weighted by atomic mass is 31.2. The molecule has 0 bridgehead atoms. The summed E-state index contributed by atoms with van der Waals surface area (Å²) in [5.74, 6) is -0.593. The summed E-state index contributed by atoms with van der Waals surface area (Å²) in [6.07, 6.45) is 0.659. The largest absolute Gasteiger partial charge is 0.465 e. The first-order chi connectivity index (χ1) is 12.7. The number of ether oxygens (including phenoxy) is 1. The average Bonchev–Trinajstić information content (AvgIpc) is 2.73. The van der Waals surface area contributed by atoms with Gasteiger partial charge < -0.3 is 4.74 Å². The molecule has 0 aliphatic heterocycles. The van der Waals surface area contributed by atoms with E-state index >= 15 is 0 Å². The van der Waals surface area contributed by atoms with Crippen LogP contribution in [0.25, 0.3) is 0 Å².